The van der Waals surface area contributed by atoms with Crippen LogP contribution in [0.4, 0.5) is 21.9 Å². The van der Waals surface area contributed by atoms with E-state index >= 15 is 0 Å². The third kappa shape index (κ3) is 4.32. The average molecular weight is 337 g/mol. The lowest BCUT2D eigenvalue weighted by molar-refractivity contribution is 0.257. The molecule has 1 N–H and O–H groups in total. The summed E-state index contributed by atoms with van der Waals surface area (Å²) in [6.45, 7) is 6.91. The lowest BCUT2D eigenvalue weighted by Crippen LogP contribution is -2.34. The summed E-state index contributed by atoms with van der Waals surface area (Å²) < 4.78 is 0. The highest BCUT2D eigenvalue weighted by Crippen LogP contribution is 2.23. The van der Waals surface area contributed by atoms with E-state index < -0.39 is 0 Å². The molecule has 2 amide bonds. The molecule has 0 unspecified atom stereocenters. The molecule has 3 rings (SSSR count). The molecular weight excluding hydrogens is 310 g/mol. The topological polar surface area (TPSA) is 35.6 Å². The van der Waals surface area contributed by atoms with E-state index in [1.807, 2.05) is 50.2 Å². The molecule has 0 aliphatic carbocycles. The molecule has 0 aromatic heterocycles. The Hall–Kier alpha value is -2.49. The predicted molar refractivity (Wildman–Crippen MR) is 106 cm³/mol. The van der Waals surface area contributed by atoms with Crippen molar-refractivity contribution in [2.75, 3.05) is 34.8 Å². The normalized spacial score (nSPS) is 14.2. The second kappa shape index (κ2) is 8.06. The van der Waals surface area contributed by atoms with Crippen molar-refractivity contribution in [3.63, 3.8) is 0 Å². The Labute approximate surface area is 150 Å². The van der Waals surface area contributed by atoms with Crippen LogP contribution in [0.1, 0.15) is 31.7 Å². The number of aryl methyl sites for hydroxylation is 1. The second-order valence-electron chi connectivity index (χ2n) is 6.61. The Kier molecular flexibility index (Phi) is 5.59. The number of hydrogen-bond donors (Lipinski definition) is 1. The number of nitrogens with zero attached hydrogens (tertiary/aromatic N) is 2. The molecule has 1 aliphatic rings. The number of rotatable bonds is 4. The summed E-state index contributed by atoms with van der Waals surface area (Å²) >= 11 is 0. The van der Waals surface area contributed by atoms with Gasteiger partial charge in [-0.25, -0.2) is 4.79 Å². The van der Waals surface area contributed by atoms with E-state index in [1.165, 1.54) is 24.9 Å². The van der Waals surface area contributed by atoms with Gasteiger partial charge >= 0.3 is 6.03 Å². The van der Waals surface area contributed by atoms with E-state index in [9.17, 15) is 4.79 Å². The summed E-state index contributed by atoms with van der Waals surface area (Å²) in [4.78, 5) is 16.8. The van der Waals surface area contributed by atoms with Crippen molar-refractivity contribution in [3.8, 4) is 0 Å². The van der Waals surface area contributed by atoms with Crippen molar-refractivity contribution < 1.29 is 4.79 Å². The van der Waals surface area contributed by atoms with Gasteiger partial charge in [-0.1, -0.05) is 12.1 Å². The van der Waals surface area contributed by atoms with Gasteiger partial charge in [0.2, 0.25) is 0 Å². The van der Waals surface area contributed by atoms with Crippen molar-refractivity contribution >= 4 is 23.1 Å². The first-order valence-corrected chi connectivity index (χ1v) is 9.17. The third-order valence-corrected chi connectivity index (χ3v) is 4.71. The Bertz CT molecular complexity index is 705. The Morgan fingerprint density at radius 2 is 1.80 bits per heavy atom. The van der Waals surface area contributed by atoms with Crippen molar-refractivity contribution in [3.05, 3.63) is 54.1 Å². The van der Waals surface area contributed by atoms with E-state index in [1.54, 1.807) is 4.90 Å². The van der Waals surface area contributed by atoms with Gasteiger partial charge in [0.15, 0.2) is 0 Å². The van der Waals surface area contributed by atoms with Gasteiger partial charge in [-0.2, -0.15) is 0 Å². The predicted octanol–water partition coefficient (Wildman–Crippen LogP) is 5.04. The molecule has 0 spiro atoms. The summed E-state index contributed by atoms with van der Waals surface area (Å²) in [5, 5.41) is 3.01. The first-order valence-electron chi connectivity index (χ1n) is 9.17. The van der Waals surface area contributed by atoms with Crippen LogP contribution in [0.3, 0.4) is 0 Å². The fourth-order valence-electron chi connectivity index (χ4n) is 3.34. The van der Waals surface area contributed by atoms with Gasteiger partial charge in [-0.15, -0.1) is 0 Å². The van der Waals surface area contributed by atoms with E-state index in [2.05, 4.69) is 22.3 Å². The molecule has 4 heteroatoms. The monoisotopic (exact) mass is 337 g/mol. The fraction of sp³-hybridized carbons (Fsp3) is 0.381. The van der Waals surface area contributed by atoms with Crippen molar-refractivity contribution in [2.45, 2.75) is 33.1 Å². The van der Waals surface area contributed by atoms with Crippen molar-refractivity contribution in [1.29, 1.82) is 0 Å². The SMILES string of the molecule is CCN(C(=O)Nc1ccc(N2CCCCC2)cc1)c1cccc(C)c1. The highest BCUT2D eigenvalue weighted by atomic mass is 16.2. The van der Waals surface area contributed by atoms with E-state index in [0.717, 1.165) is 30.0 Å². The van der Waals surface area contributed by atoms with E-state index in [4.69, 9.17) is 0 Å². The molecule has 132 valence electrons. The van der Waals surface area contributed by atoms with Gasteiger partial charge in [0, 0.05) is 36.7 Å². The Balaban J connectivity index is 1.67. The summed E-state index contributed by atoms with van der Waals surface area (Å²) in [6, 6.07) is 16.1. The fourth-order valence-corrected chi connectivity index (χ4v) is 3.34. The molecule has 0 radical (unpaired) electrons. The minimum absolute atomic E-state index is 0.0983. The Morgan fingerprint density at radius 1 is 1.08 bits per heavy atom. The van der Waals surface area contributed by atoms with Crippen LogP contribution in [0.15, 0.2) is 48.5 Å². The minimum atomic E-state index is -0.0983. The molecule has 2 aromatic rings. The van der Waals surface area contributed by atoms with Crippen LogP contribution in [0.5, 0.6) is 0 Å². The lowest BCUT2D eigenvalue weighted by Gasteiger charge is -2.29. The number of hydrogen-bond acceptors (Lipinski definition) is 2. The number of carbonyl (C=O) groups is 1. The highest BCUT2D eigenvalue weighted by Gasteiger charge is 2.15. The molecule has 1 saturated heterocycles. The first-order chi connectivity index (χ1) is 12.2. The lowest BCUT2D eigenvalue weighted by atomic mass is 10.1. The van der Waals surface area contributed by atoms with E-state index in [-0.39, 0.29) is 6.03 Å². The van der Waals surface area contributed by atoms with Crippen LogP contribution in [0.2, 0.25) is 0 Å². The molecule has 1 fully saturated rings. The third-order valence-electron chi connectivity index (χ3n) is 4.71. The number of amides is 2. The standard InChI is InChI=1S/C21H27N3O/c1-3-24(20-9-7-8-17(2)16-20)21(25)22-18-10-12-19(13-11-18)23-14-5-4-6-15-23/h7-13,16H,3-6,14-15H2,1-2H3,(H,22,25). The molecule has 2 aromatic carbocycles. The first kappa shape index (κ1) is 17.3. The van der Waals surface area contributed by atoms with Gasteiger partial charge in [0.25, 0.3) is 0 Å². The molecule has 1 heterocycles. The molecule has 0 saturated carbocycles. The van der Waals surface area contributed by atoms with E-state index in [0.29, 0.717) is 6.54 Å². The molecule has 25 heavy (non-hydrogen) atoms. The molecule has 1 aliphatic heterocycles. The zero-order chi connectivity index (χ0) is 17.6. The summed E-state index contributed by atoms with van der Waals surface area (Å²) in [5.41, 5.74) is 4.14. The van der Waals surface area contributed by atoms with Crippen molar-refractivity contribution in [1.82, 2.24) is 0 Å². The number of piperidine rings is 1. The smallest absolute Gasteiger partial charge is 0.326 e. The number of nitrogens with one attached hydrogen (secondary N) is 1. The van der Waals surface area contributed by atoms with Gasteiger partial charge in [-0.3, -0.25) is 4.90 Å². The number of anilines is 3. The summed E-state index contributed by atoms with van der Waals surface area (Å²) in [5.74, 6) is 0. The largest absolute Gasteiger partial charge is 0.372 e. The summed E-state index contributed by atoms with van der Waals surface area (Å²) in [7, 11) is 0. The molecule has 4 nitrogen and oxygen atoms in total. The quantitative estimate of drug-likeness (QED) is 0.848. The second-order valence-corrected chi connectivity index (χ2v) is 6.61. The van der Waals surface area contributed by atoms with Gasteiger partial charge in [-0.05, 0) is 75.1 Å². The van der Waals surface area contributed by atoms with Crippen LogP contribution >= 0.6 is 0 Å². The van der Waals surface area contributed by atoms with Crippen molar-refractivity contribution in [2.24, 2.45) is 0 Å². The van der Waals surface area contributed by atoms with Crippen LogP contribution in [0.25, 0.3) is 0 Å². The van der Waals surface area contributed by atoms with Gasteiger partial charge < -0.3 is 10.2 Å². The number of carbonyl (C=O) groups excluding carboxylic acids is 1. The zero-order valence-electron chi connectivity index (χ0n) is 15.2. The van der Waals surface area contributed by atoms with Crippen LogP contribution in [-0.2, 0) is 0 Å². The molecule has 0 atom stereocenters. The van der Waals surface area contributed by atoms with Crippen LogP contribution < -0.4 is 15.1 Å². The number of benzene rings is 2. The van der Waals surface area contributed by atoms with Gasteiger partial charge in [0.05, 0.1) is 0 Å². The molecular formula is C21H27N3O. The summed E-state index contributed by atoms with van der Waals surface area (Å²) in [6.07, 6.45) is 3.86. The van der Waals surface area contributed by atoms with Crippen LogP contribution in [-0.4, -0.2) is 25.7 Å². The van der Waals surface area contributed by atoms with Crippen LogP contribution in [0, 0.1) is 6.92 Å². The maximum Gasteiger partial charge on any atom is 0.326 e. The Morgan fingerprint density at radius 3 is 2.44 bits per heavy atom. The number of urea groups is 1. The maximum atomic E-state index is 12.6. The van der Waals surface area contributed by atoms with Gasteiger partial charge in [0.1, 0.15) is 0 Å². The average Bonchev–Trinajstić information content (AvgIpc) is 2.64. The maximum absolute atomic E-state index is 12.6. The minimum Gasteiger partial charge on any atom is -0.372 e. The molecule has 0 bridgehead atoms. The zero-order valence-corrected chi connectivity index (χ0v) is 15.2. The highest BCUT2D eigenvalue weighted by molar-refractivity contribution is 6.01.